The molecule has 2 aromatic carbocycles. The van der Waals surface area contributed by atoms with E-state index in [2.05, 4.69) is 17.3 Å². The average molecular weight is 399 g/mol. The van der Waals surface area contributed by atoms with E-state index in [0.717, 1.165) is 31.7 Å². The Morgan fingerprint density at radius 3 is 2.38 bits per heavy atom. The smallest absolute Gasteiger partial charge is 0.265 e. The van der Waals surface area contributed by atoms with Gasteiger partial charge in [-0.1, -0.05) is 19.1 Å². The summed E-state index contributed by atoms with van der Waals surface area (Å²) in [6.45, 7) is 4.03. The summed E-state index contributed by atoms with van der Waals surface area (Å²) in [7, 11) is 3.72. The zero-order chi connectivity index (χ0) is 20.6. The van der Waals surface area contributed by atoms with Crippen molar-refractivity contribution in [3.63, 3.8) is 0 Å². The molecule has 6 heteroatoms. The highest BCUT2D eigenvalue weighted by molar-refractivity contribution is 5.94. The molecule has 0 unspecified atom stereocenters. The number of piperidine rings is 1. The highest BCUT2D eigenvalue weighted by Gasteiger charge is 2.21. The highest BCUT2D eigenvalue weighted by Crippen LogP contribution is 2.28. The van der Waals surface area contributed by atoms with Crippen LogP contribution in [0.4, 0.5) is 5.69 Å². The van der Waals surface area contributed by atoms with Gasteiger partial charge in [0.25, 0.3) is 5.91 Å². The molecular formula is C23H30N2O4. The predicted octanol–water partition coefficient (Wildman–Crippen LogP) is 3.96. The molecule has 1 amide bonds. The van der Waals surface area contributed by atoms with Crippen molar-refractivity contribution < 1.29 is 19.0 Å². The second kappa shape index (κ2) is 10.2. The van der Waals surface area contributed by atoms with E-state index in [0.29, 0.717) is 23.6 Å². The number of ether oxygens (including phenoxy) is 3. The lowest BCUT2D eigenvalue weighted by Gasteiger charge is -2.29. The maximum absolute atomic E-state index is 12.7. The summed E-state index contributed by atoms with van der Waals surface area (Å²) in [4.78, 5) is 15.0. The zero-order valence-electron chi connectivity index (χ0n) is 17.4. The summed E-state index contributed by atoms with van der Waals surface area (Å²) in [5.74, 6) is 1.80. The number of carbonyl (C=O) groups excluding carboxylic acids is 1. The number of amides is 1. The average Bonchev–Trinajstić information content (AvgIpc) is 2.75. The number of hydrogen-bond donors (Lipinski definition) is 1. The van der Waals surface area contributed by atoms with Gasteiger partial charge in [0, 0.05) is 18.8 Å². The number of likely N-dealkylation sites (tertiary alicyclic amines) is 1. The van der Waals surface area contributed by atoms with Crippen LogP contribution in [0.1, 0.15) is 26.2 Å². The van der Waals surface area contributed by atoms with E-state index >= 15 is 0 Å². The molecule has 0 spiro atoms. The lowest BCUT2D eigenvalue weighted by atomic mass is 10.1. The van der Waals surface area contributed by atoms with Crippen LogP contribution in [0, 0.1) is 0 Å². The van der Waals surface area contributed by atoms with Crippen LogP contribution in [0.3, 0.4) is 0 Å². The molecule has 0 aliphatic carbocycles. The maximum Gasteiger partial charge on any atom is 0.265 e. The summed E-state index contributed by atoms with van der Waals surface area (Å²) >= 11 is 0. The Bertz CT molecular complexity index is 786. The van der Waals surface area contributed by atoms with E-state index in [1.807, 2.05) is 49.4 Å². The van der Waals surface area contributed by atoms with Gasteiger partial charge < -0.3 is 24.4 Å². The maximum atomic E-state index is 12.7. The summed E-state index contributed by atoms with van der Waals surface area (Å²) in [5, 5.41) is 2.92. The van der Waals surface area contributed by atoms with Gasteiger partial charge in [-0.25, -0.2) is 0 Å². The van der Waals surface area contributed by atoms with Crippen molar-refractivity contribution in [2.45, 2.75) is 38.4 Å². The second-order valence-electron chi connectivity index (χ2n) is 7.30. The van der Waals surface area contributed by atoms with Gasteiger partial charge in [0.1, 0.15) is 11.9 Å². The van der Waals surface area contributed by atoms with Crippen molar-refractivity contribution in [1.82, 2.24) is 4.90 Å². The Labute approximate surface area is 172 Å². The molecule has 1 heterocycles. The van der Waals surface area contributed by atoms with Crippen molar-refractivity contribution in [2.24, 2.45) is 0 Å². The molecule has 1 N–H and O–H groups in total. The number of anilines is 1. The number of rotatable bonds is 8. The molecule has 156 valence electrons. The molecule has 0 saturated carbocycles. The van der Waals surface area contributed by atoms with Gasteiger partial charge >= 0.3 is 0 Å². The number of hydrogen-bond acceptors (Lipinski definition) is 5. The minimum atomic E-state index is -0.610. The molecule has 1 aliphatic rings. The van der Waals surface area contributed by atoms with Gasteiger partial charge in [0.15, 0.2) is 17.6 Å². The molecule has 1 aliphatic heterocycles. The normalized spacial score (nSPS) is 16.1. The van der Waals surface area contributed by atoms with Crippen LogP contribution in [-0.2, 0) is 4.79 Å². The van der Waals surface area contributed by atoms with Crippen LogP contribution in [0.2, 0.25) is 0 Å². The molecule has 6 nitrogen and oxygen atoms in total. The van der Waals surface area contributed by atoms with E-state index in [-0.39, 0.29) is 12.0 Å². The number of methoxy groups -OCH3 is 1. The van der Waals surface area contributed by atoms with Crippen molar-refractivity contribution in [3.8, 4) is 17.2 Å². The first-order valence-corrected chi connectivity index (χ1v) is 10.1. The Hall–Kier alpha value is -2.73. The quantitative estimate of drug-likeness (QED) is 0.729. The van der Waals surface area contributed by atoms with Crippen molar-refractivity contribution in [2.75, 3.05) is 32.6 Å². The fourth-order valence-electron chi connectivity index (χ4n) is 3.33. The molecule has 3 rings (SSSR count). The Balaban J connectivity index is 1.56. The third kappa shape index (κ3) is 5.87. The zero-order valence-corrected chi connectivity index (χ0v) is 17.4. The topological polar surface area (TPSA) is 60.0 Å². The van der Waals surface area contributed by atoms with Crippen LogP contribution in [0.5, 0.6) is 17.2 Å². The first-order valence-electron chi connectivity index (χ1n) is 10.1. The minimum Gasteiger partial charge on any atom is -0.493 e. The van der Waals surface area contributed by atoms with Gasteiger partial charge in [-0.05, 0) is 62.7 Å². The molecule has 0 aromatic heterocycles. The molecule has 1 atom stereocenters. The fraction of sp³-hybridized carbons (Fsp3) is 0.435. The van der Waals surface area contributed by atoms with Crippen LogP contribution in [0.15, 0.2) is 48.5 Å². The first kappa shape index (κ1) is 21.0. The van der Waals surface area contributed by atoms with Gasteiger partial charge in [0.05, 0.1) is 7.11 Å². The SMILES string of the molecule is CC[C@@H](Oc1ccccc1OC)C(=O)Nc1ccc(OC2CCN(C)CC2)cc1. The van der Waals surface area contributed by atoms with Gasteiger partial charge in [0.2, 0.25) is 0 Å². The largest absolute Gasteiger partial charge is 0.493 e. The predicted molar refractivity (Wildman–Crippen MR) is 114 cm³/mol. The lowest BCUT2D eigenvalue weighted by Crippen LogP contribution is -2.35. The van der Waals surface area contributed by atoms with E-state index in [1.54, 1.807) is 13.2 Å². The molecule has 1 fully saturated rings. The molecule has 2 aromatic rings. The summed E-state index contributed by atoms with van der Waals surface area (Å²) < 4.78 is 17.2. The van der Waals surface area contributed by atoms with Gasteiger partial charge in [-0.15, -0.1) is 0 Å². The number of benzene rings is 2. The third-order valence-electron chi connectivity index (χ3n) is 5.09. The van der Waals surface area contributed by atoms with Crippen molar-refractivity contribution in [1.29, 1.82) is 0 Å². The summed E-state index contributed by atoms with van der Waals surface area (Å²) in [5.41, 5.74) is 0.716. The minimum absolute atomic E-state index is 0.192. The van der Waals surface area contributed by atoms with Crippen molar-refractivity contribution in [3.05, 3.63) is 48.5 Å². The van der Waals surface area contributed by atoms with Crippen LogP contribution >= 0.6 is 0 Å². The molecule has 0 bridgehead atoms. The number of carbonyl (C=O) groups is 1. The van der Waals surface area contributed by atoms with Crippen LogP contribution in [0.25, 0.3) is 0 Å². The number of para-hydroxylation sites is 2. The van der Waals surface area contributed by atoms with E-state index in [1.165, 1.54) is 0 Å². The summed E-state index contributed by atoms with van der Waals surface area (Å²) in [6.07, 6.45) is 2.26. The van der Waals surface area contributed by atoms with Gasteiger partial charge in [-0.2, -0.15) is 0 Å². The first-order chi connectivity index (χ1) is 14.1. The Morgan fingerprint density at radius 1 is 1.10 bits per heavy atom. The molecule has 29 heavy (non-hydrogen) atoms. The van der Waals surface area contributed by atoms with E-state index in [4.69, 9.17) is 14.2 Å². The Kier molecular flexibility index (Phi) is 7.36. The highest BCUT2D eigenvalue weighted by atomic mass is 16.5. The fourth-order valence-corrected chi connectivity index (χ4v) is 3.33. The van der Waals surface area contributed by atoms with E-state index in [9.17, 15) is 4.79 Å². The van der Waals surface area contributed by atoms with Crippen LogP contribution in [-0.4, -0.2) is 50.3 Å². The van der Waals surface area contributed by atoms with E-state index < -0.39 is 6.10 Å². The number of nitrogens with one attached hydrogen (secondary N) is 1. The standard InChI is InChI=1S/C23H30N2O4/c1-4-20(29-22-8-6-5-7-21(22)27-3)23(26)24-17-9-11-18(12-10-17)28-19-13-15-25(2)16-14-19/h5-12,19-20H,4,13-16H2,1-3H3,(H,24,26)/t20-/m1/s1. The van der Waals surface area contributed by atoms with Gasteiger partial charge in [-0.3, -0.25) is 4.79 Å². The van der Waals surface area contributed by atoms with Crippen molar-refractivity contribution >= 4 is 11.6 Å². The third-order valence-corrected chi connectivity index (χ3v) is 5.09. The molecular weight excluding hydrogens is 368 g/mol. The summed E-state index contributed by atoms with van der Waals surface area (Å²) in [6, 6.07) is 14.8. The lowest BCUT2D eigenvalue weighted by molar-refractivity contribution is -0.122. The number of nitrogens with zero attached hydrogens (tertiary/aromatic N) is 1. The molecule has 1 saturated heterocycles. The van der Waals surface area contributed by atoms with Crippen LogP contribution < -0.4 is 19.5 Å². The monoisotopic (exact) mass is 398 g/mol. The second-order valence-corrected chi connectivity index (χ2v) is 7.30. The molecule has 0 radical (unpaired) electrons. The Morgan fingerprint density at radius 2 is 1.76 bits per heavy atom.